The predicted molar refractivity (Wildman–Crippen MR) is 128 cm³/mol. The highest BCUT2D eigenvalue weighted by Crippen LogP contribution is 2.27. The number of halogens is 2. The van der Waals surface area contributed by atoms with Crippen molar-refractivity contribution in [1.82, 2.24) is 0 Å². The van der Waals surface area contributed by atoms with Crippen molar-refractivity contribution in [2.45, 2.75) is 0 Å². The van der Waals surface area contributed by atoms with Crippen LogP contribution in [0.15, 0.2) is 94.3 Å². The molecule has 0 aliphatic rings. The summed E-state index contributed by atoms with van der Waals surface area (Å²) < 4.78 is 16.8. The van der Waals surface area contributed by atoms with Gasteiger partial charge >= 0.3 is 5.97 Å². The molecule has 0 atom stereocenters. The van der Waals surface area contributed by atoms with E-state index >= 15 is 0 Å². The van der Waals surface area contributed by atoms with Gasteiger partial charge in [-0.3, -0.25) is 4.79 Å². The van der Waals surface area contributed by atoms with Crippen LogP contribution < -0.4 is 14.9 Å². The number of carbonyl (C=O) groups is 1. The molecule has 0 saturated carbocycles. The van der Waals surface area contributed by atoms with Crippen LogP contribution >= 0.6 is 23.2 Å². The average molecular weight is 477 g/mol. The maximum Gasteiger partial charge on any atom is 0.343 e. The first-order valence-electron chi connectivity index (χ1n) is 9.87. The third-order valence-corrected chi connectivity index (χ3v) is 5.77. The molecule has 7 heteroatoms. The second-order valence-electron chi connectivity index (χ2n) is 7.22. The zero-order chi connectivity index (χ0) is 22.9. The van der Waals surface area contributed by atoms with Gasteiger partial charge in [0, 0.05) is 6.07 Å². The Morgan fingerprint density at radius 3 is 2.39 bits per heavy atom. The molecule has 0 N–H and O–H groups in total. The topological polar surface area (TPSA) is 65.7 Å². The summed E-state index contributed by atoms with van der Waals surface area (Å²) in [7, 11) is 0. The quantitative estimate of drug-likeness (QED) is 0.201. The number of ether oxygens (including phenoxy) is 2. The molecule has 5 rings (SSSR count). The summed E-state index contributed by atoms with van der Waals surface area (Å²) in [5.74, 6) is 0.169. The molecule has 0 aliphatic heterocycles. The zero-order valence-electron chi connectivity index (χ0n) is 16.9. The fourth-order valence-electron chi connectivity index (χ4n) is 3.37. The van der Waals surface area contributed by atoms with Gasteiger partial charge in [-0.1, -0.05) is 53.5 Å². The van der Waals surface area contributed by atoms with Gasteiger partial charge in [0.25, 0.3) is 0 Å². The molecule has 5 nitrogen and oxygen atoms in total. The van der Waals surface area contributed by atoms with Crippen LogP contribution in [-0.2, 0) is 0 Å². The molecule has 0 bridgehead atoms. The van der Waals surface area contributed by atoms with E-state index in [9.17, 15) is 9.59 Å². The molecule has 0 saturated heterocycles. The lowest BCUT2D eigenvalue weighted by molar-refractivity contribution is 0.0735. The molecule has 0 aliphatic carbocycles. The number of esters is 1. The second kappa shape index (κ2) is 8.62. The Hall–Kier alpha value is -3.80. The Balaban J connectivity index is 1.40. The van der Waals surface area contributed by atoms with Crippen molar-refractivity contribution in [3.63, 3.8) is 0 Å². The van der Waals surface area contributed by atoms with Gasteiger partial charge in [0.1, 0.15) is 23.3 Å². The van der Waals surface area contributed by atoms with E-state index in [1.54, 1.807) is 6.07 Å². The van der Waals surface area contributed by atoms with Crippen molar-refractivity contribution >= 4 is 50.9 Å². The second-order valence-corrected chi connectivity index (χ2v) is 8.03. The highest BCUT2D eigenvalue weighted by molar-refractivity contribution is 6.42. The van der Waals surface area contributed by atoms with E-state index in [2.05, 4.69) is 0 Å². The summed E-state index contributed by atoms with van der Waals surface area (Å²) in [5, 5.41) is 2.94. The van der Waals surface area contributed by atoms with Crippen molar-refractivity contribution < 1.29 is 18.7 Å². The molecule has 0 radical (unpaired) electrons. The molecular weight excluding hydrogens is 463 g/mol. The molecule has 0 amide bonds. The van der Waals surface area contributed by atoms with Crippen molar-refractivity contribution in [3.8, 4) is 17.2 Å². The van der Waals surface area contributed by atoms with Gasteiger partial charge < -0.3 is 13.9 Å². The number of hydrogen-bond acceptors (Lipinski definition) is 5. The first-order valence-corrected chi connectivity index (χ1v) is 10.6. The highest BCUT2D eigenvalue weighted by atomic mass is 35.5. The molecule has 33 heavy (non-hydrogen) atoms. The molecule has 162 valence electrons. The van der Waals surface area contributed by atoms with Crippen LogP contribution in [0.25, 0.3) is 21.7 Å². The monoisotopic (exact) mass is 476 g/mol. The van der Waals surface area contributed by atoms with E-state index in [0.717, 1.165) is 10.8 Å². The van der Waals surface area contributed by atoms with Crippen molar-refractivity contribution in [2.75, 3.05) is 0 Å². The zero-order valence-corrected chi connectivity index (χ0v) is 18.4. The van der Waals surface area contributed by atoms with Gasteiger partial charge in [-0.25, -0.2) is 4.79 Å². The Labute approximate surface area is 197 Å². The van der Waals surface area contributed by atoms with Crippen molar-refractivity contribution in [2.24, 2.45) is 0 Å². The molecule has 1 aromatic heterocycles. The van der Waals surface area contributed by atoms with Crippen LogP contribution in [0.2, 0.25) is 10.0 Å². The number of rotatable bonds is 4. The minimum atomic E-state index is -0.619. The molecule has 4 aromatic carbocycles. The SMILES string of the molecule is O=C(Oc1ccc2c(=O)c(Oc3ccc4ccccc4c3)coc2c1)c1ccc(Cl)c(Cl)c1. The van der Waals surface area contributed by atoms with Gasteiger partial charge in [0.15, 0.2) is 0 Å². The standard InChI is InChI=1S/C26H14Cl2O5/c27-21-10-6-17(12-22(21)28)26(30)33-19-8-9-20-23(13-19)31-14-24(25(20)29)32-18-7-5-15-3-1-2-4-16(15)11-18/h1-14H. The molecule has 0 fully saturated rings. The number of fused-ring (bicyclic) bond motifs is 2. The number of carbonyl (C=O) groups excluding carboxylic acids is 1. The van der Waals surface area contributed by atoms with Crippen LogP contribution in [0.4, 0.5) is 0 Å². The van der Waals surface area contributed by atoms with Crippen LogP contribution in [0.3, 0.4) is 0 Å². The summed E-state index contributed by atoms with van der Waals surface area (Å²) in [6, 6.07) is 22.3. The normalized spacial score (nSPS) is 11.0. The van der Waals surface area contributed by atoms with Crippen molar-refractivity contribution in [3.05, 3.63) is 111 Å². The summed E-state index contributed by atoms with van der Waals surface area (Å²) >= 11 is 11.8. The smallest absolute Gasteiger partial charge is 0.343 e. The summed E-state index contributed by atoms with van der Waals surface area (Å²) in [5.41, 5.74) is 0.155. The molecule has 5 aromatic rings. The number of hydrogen-bond donors (Lipinski definition) is 0. The molecular formula is C26H14Cl2O5. The van der Waals surface area contributed by atoms with E-state index in [1.807, 2.05) is 36.4 Å². The lowest BCUT2D eigenvalue weighted by Gasteiger charge is -2.08. The Morgan fingerprint density at radius 2 is 1.58 bits per heavy atom. The van der Waals surface area contributed by atoms with E-state index in [1.165, 1.54) is 42.7 Å². The van der Waals surface area contributed by atoms with Crippen LogP contribution in [0.5, 0.6) is 17.2 Å². The van der Waals surface area contributed by atoms with Gasteiger partial charge in [0.2, 0.25) is 11.2 Å². The maximum absolute atomic E-state index is 12.9. The summed E-state index contributed by atoms with van der Waals surface area (Å²) in [6.45, 7) is 0. The van der Waals surface area contributed by atoms with E-state index < -0.39 is 5.97 Å². The third kappa shape index (κ3) is 4.29. The Morgan fingerprint density at radius 1 is 0.788 bits per heavy atom. The maximum atomic E-state index is 12.9. The van der Waals surface area contributed by atoms with Crippen LogP contribution in [0.1, 0.15) is 10.4 Å². The summed E-state index contributed by atoms with van der Waals surface area (Å²) in [4.78, 5) is 25.3. The van der Waals surface area contributed by atoms with E-state index in [4.69, 9.17) is 37.1 Å². The van der Waals surface area contributed by atoms with Gasteiger partial charge in [-0.15, -0.1) is 0 Å². The van der Waals surface area contributed by atoms with Crippen molar-refractivity contribution in [1.29, 1.82) is 0 Å². The predicted octanol–water partition coefficient (Wildman–Crippen LogP) is 7.26. The third-order valence-electron chi connectivity index (χ3n) is 5.03. The Kier molecular flexibility index (Phi) is 5.50. The summed E-state index contributed by atoms with van der Waals surface area (Å²) in [6.07, 6.45) is 1.24. The van der Waals surface area contributed by atoms with Gasteiger partial charge in [0.05, 0.1) is 21.0 Å². The molecule has 1 heterocycles. The minimum Gasteiger partial charge on any atom is -0.460 e. The minimum absolute atomic E-state index is 0.0540. The lowest BCUT2D eigenvalue weighted by atomic mass is 10.1. The van der Waals surface area contributed by atoms with Gasteiger partial charge in [-0.05, 0) is 53.2 Å². The van der Waals surface area contributed by atoms with E-state index in [-0.39, 0.29) is 33.1 Å². The van der Waals surface area contributed by atoms with Gasteiger partial charge in [-0.2, -0.15) is 0 Å². The molecule has 0 unspecified atom stereocenters. The molecule has 0 spiro atoms. The first-order chi connectivity index (χ1) is 16.0. The fraction of sp³-hybridized carbons (Fsp3) is 0. The number of benzene rings is 4. The van der Waals surface area contributed by atoms with Crippen LogP contribution in [-0.4, -0.2) is 5.97 Å². The lowest BCUT2D eigenvalue weighted by Crippen LogP contribution is -2.09. The first kappa shape index (κ1) is 21.1. The van der Waals surface area contributed by atoms with E-state index in [0.29, 0.717) is 16.2 Å². The van der Waals surface area contributed by atoms with Crippen LogP contribution in [0, 0.1) is 0 Å². The Bertz CT molecular complexity index is 1590. The fourth-order valence-corrected chi connectivity index (χ4v) is 3.67. The highest BCUT2D eigenvalue weighted by Gasteiger charge is 2.14. The average Bonchev–Trinajstić information content (AvgIpc) is 2.82. The largest absolute Gasteiger partial charge is 0.460 e.